The maximum absolute atomic E-state index is 12.7. The van der Waals surface area contributed by atoms with Gasteiger partial charge in [-0.15, -0.1) is 0 Å². The second-order valence-electron chi connectivity index (χ2n) is 5.21. The summed E-state index contributed by atoms with van der Waals surface area (Å²) in [5.74, 6) is -0.279. The molecule has 7 heteroatoms. The van der Waals surface area contributed by atoms with E-state index in [-0.39, 0.29) is 23.7 Å². The minimum absolute atomic E-state index is 0.0184. The highest BCUT2D eigenvalue weighted by Gasteiger charge is 2.44. The van der Waals surface area contributed by atoms with Crippen molar-refractivity contribution in [2.45, 2.75) is 46.1 Å². The highest BCUT2D eigenvalue weighted by Crippen LogP contribution is 2.31. The van der Waals surface area contributed by atoms with E-state index in [4.69, 9.17) is 10.9 Å². The smallest absolute Gasteiger partial charge is 0.236 e. The van der Waals surface area contributed by atoms with Gasteiger partial charge in [0, 0.05) is 26.1 Å². The molecular weight excluding hydrogens is 260 g/mol. The summed E-state index contributed by atoms with van der Waals surface area (Å²) < 4.78 is 0. The molecule has 7 nitrogen and oxygen atoms in total. The summed E-state index contributed by atoms with van der Waals surface area (Å²) in [6, 6.07) is -0.0184. The molecule has 0 bridgehead atoms. The Hall–Kier alpha value is -1.79. The third-order valence-electron chi connectivity index (χ3n) is 4.10. The molecule has 1 aliphatic rings. The van der Waals surface area contributed by atoms with Crippen molar-refractivity contribution in [3.05, 3.63) is 0 Å². The van der Waals surface area contributed by atoms with E-state index in [9.17, 15) is 9.59 Å². The Balaban J connectivity index is 2.85. The normalized spacial score (nSPS) is 20.1. The summed E-state index contributed by atoms with van der Waals surface area (Å²) in [4.78, 5) is 25.4. The molecule has 2 amide bonds. The van der Waals surface area contributed by atoms with Gasteiger partial charge in [0.1, 0.15) is 5.41 Å². The maximum atomic E-state index is 12.7. The number of nitrogens with one attached hydrogen (secondary N) is 1. The molecule has 1 rings (SSSR count). The summed E-state index contributed by atoms with van der Waals surface area (Å²) in [5, 5.41) is 14.8. The van der Waals surface area contributed by atoms with Crippen molar-refractivity contribution in [2.75, 3.05) is 13.1 Å². The molecule has 0 aromatic carbocycles. The van der Waals surface area contributed by atoms with Crippen LogP contribution >= 0.6 is 0 Å². The summed E-state index contributed by atoms with van der Waals surface area (Å²) in [6.45, 7) is 6.20. The van der Waals surface area contributed by atoms with Gasteiger partial charge in [0.25, 0.3) is 0 Å². The molecule has 0 saturated carbocycles. The molecule has 0 aromatic rings. The van der Waals surface area contributed by atoms with Crippen molar-refractivity contribution in [1.29, 1.82) is 0 Å². The third-order valence-corrected chi connectivity index (χ3v) is 4.10. The van der Waals surface area contributed by atoms with Crippen molar-refractivity contribution in [3.8, 4) is 0 Å². The number of rotatable bonds is 5. The number of carbonyl (C=O) groups excluding carboxylic acids is 2. The van der Waals surface area contributed by atoms with E-state index in [0.29, 0.717) is 25.9 Å². The van der Waals surface area contributed by atoms with Gasteiger partial charge in [-0.1, -0.05) is 19.0 Å². The highest BCUT2D eigenvalue weighted by atomic mass is 16.4. The van der Waals surface area contributed by atoms with Crippen LogP contribution in [-0.2, 0) is 9.59 Å². The van der Waals surface area contributed by atoms with Crippen LogP contribution in [0, 0.1) is 5.41 Å². The molecule has 0 spiro atoms. The second-order valence-corrected chi connectivity index (χ2v) is 5.21. The molecule has 0 aliphatic carbocycles. The van der Waals surface area contributed by atoms with E-state index >= 15 is 0 Å². The fourth-order valence-electron chi connectivity index (χ4n) is 2.77. The number of nitrogens with two attached hydrogens (primary N) is 1. The van der Waals surface area contributed by atoms with Crippen LogP contribution in [0.15, 0.2) is 5.16 Å². The first kappa shape index (κ1) is 16.3. The average Bonchev–Trinajstić information content (AvgIpc) is 2.87. The van der Waals surface area contributed by atoms with Crippen LogP contribution in [0.3, 0.4) is 0 Å². The molecular formula is C13H24N4O3. The quantitative estimate of drug-likeness (QED) is 0.291. The number of hydrogen-bond acceptors (Lipinski definition) is 4. The van der Waals surface area contributed by atoms with Crippen molar-refractivity contribution in [2.24, 2.45) is 16.3 Å². The lowest BCUT2D eigenvalue weighted by atomic mass is 9.79. The van der Waals surface area contributed by atoms with Gasteiger partial charge >= 0.3 is 0 Å². The van der Waals surface area contributed by atoms with Crippen LogP contribution in [0.2, 0.25) is 0 Å². The fraction of sp³-hybridized carbons (Fsp3) is 0.769. The number of oxime groups is 1. The summed E-state index contributed by atoms with van der Waals surface area (Å²) >= 11 is 0. The first-order valence-electron chi connectivity index (χ1n) is 6.95. The van der Waals surface area contributed by atoms with Crippen molar-refractivity contribution >= 4 is 17.6 Å². The molecule has 0 aromatic heterocycles. The van der Waals surface area contributed by atoms with Crippen molar-refractivity contribution < 1.29 is 14.8 Å². The molecule has 1 fully saturated rings. The van der Waals surface area contributed by atoms with E-state index in [0.717, 1.165) is 6.42 Å². The Morgan fingerprint density at radius 1 is 1.45 bits per heavy atom. The van der Waals surface area contributed by atoms with Crippen LogP contribution < -0.4 is 11.1 Å². The predicted molar refractivity (Wildman–Crippen MR) is 75.2 cm³/mol. The number of amidine groups is 1. The lowest BCUT2D eigenvalue weighted by molar-refractivity contribution is -0.138. The average molecular weight is 284 g/mol. The Morgan fingerprint density at radius 2 is 2.05 bits per heavy atom. The first-order chi connectivity index (χ1) is 9.41. The minimum Gasteiger partial charge on any atom is -0.409 e. The Bertz CT molecular complexity index is 404. The van der Waals surface area contributed by atoms with Gasteiger partial charge in [0.05, 0.1) is 0 Å². The van der Waals surface area contributed by atoms with E-state index in [1.54, 1.807) is 4.90 Å². The van der Waals surface area contributed by atoms with Gasteiger partial charge in [0.15, 0.2) is 5.84 Å². The molecule has 1 saturated heterocycles. The Kier molecular flexibility index (Phi) is 5.35. The summed E-state index contributed by atoms with van der Waals surface area (Å²) in [6.07, 6.45) is 1.67. The number of likely N-dealkylation sites (tertiary alicyclic amines) is 1. The number of nitrogens with zero attached hydrogens (tertiary/aromatic N) is 2. The SMILES string of the molecule is CCC(CC)(C(=O)N1CCC(NC(C)=O)C1)C(N)=NO. The Labute approximate surface area is 119 Å². The summed E-state index contributed by atoms with van der Waals surface area (Å²) in [5.41, 5.74) is 4.78. The van der Waals surface area contributed by atoms with Crippen LogP contribution in [0.4, 0.5) is 0 Å². The van der Waals surface area contributed by atoms with E-state index < -0.39 is 5.41 Å². The van der Waals surface area contributed by atoms with Crippen molar-refractivity contribution in [3.63, 3.8) is 0 Å². The molecule has 4 N–H and O–H groups in total. The standard InChI is InChI=1S/C13H24N4O3/c1-4-13(5-2,11(14)16-20)12(19)17-7-6-10(8-17)15-9(3)18/h10,20H,4-8H2,1-3H3,(H2,14,16)(H,15,18). The molecule has 1 atom stereocenters. The van der Waals surface area contributed by atoms with E-state index in [1.165, 1.54) is 6.92 Å². The van der Waals surface area contributed by atoms with Crippen LogP contribution in [-0.4, -0.2) is 46.9 Å². The topological polar surface area (TPSA) is 108 Å². The minimum atomic E-state index is -0.958. The molecule has 1 heterocycles. The first-order valence-corrected chi connectivity index (χ1v) is 6.95. The zero-order valence-corrected chi connectivity index (χ0v) is 12.3. The predicted octanol–water partition coefficient (Wildman–Crippen LogP) is 0.276. The van der Waals surface area contributed by atoms with E-state index in [1.807, 2.05) is 13.8 Å². The Morgan fingerprint density at radius 3 is 2.50 bits per heavy atom. The van der Waals surface area contributed by atoms with Crippen LogP contribution in [0.25, 0.3) is 0 Å². The highest BCUT2D eigenvalue weighted by molar-refractivity contribution is 6.06. The third kappa shape index (κ3) is 3.02. The van der Waals surface area contributed by atoms with Gasteiger partial charge in [-0.25, -0.2) is 0 Å². The lowest BCUT2D eigenvalue weighted by Gasteiger charge is -2.33. The largest absolute Gasteiger partial charge is 0.409 e. The molecule has 0 radical (unpaired) electrons. The molecule has 20 heavy (non-hydrogen) atoms. The number of hydrogen-bond donors (Lipinski definition) is 3. The van der Waals surface area contributed by atoms with Gasteiger partial charge in [-0.3, -0.25) is 9.59 Å². The van der Waals surface area contributed by atoms with Crippen LogP contribution in [0.5, 0.6) is 0 Å². The fourth-order valence-corrected chi connectivity index (χ4v) is 2.77. The van der Waals surface area contributed by atoms with Crippen LogP contribution in [0.1, 0.15) is 40.0 Å². The van der Waals surface area contributed by atoms with Gasteiger partial charge in [0.2, 0.25) is 11.8 Å². The van der Waals surface area contributed by atoms with Gasteiger partial charge < -0.3 is 21.2 Å². The number of amides is 2. The molecule has 114 valence electrons. The molecule has 1 aliphatic heterocycles. The van der Waals surface area contributed by atoms with Crippen molar-refractivity contribution in [1.82, 2.24) is 10.2 Å². The zero-order chi connectivity index (χ0) is 15.3. The molecule has 1 unspecified atom stereocenters. The van der Waals surface area contributed by atoms with Gasteiger partial charge in [-0.05, 0) is 19.3 Å². The summed E-state index contributed by atoms with van der Waals surface area (Å²) in [7, 11) is 0. The number of carbonyl (C=O) groups is 2. The lowest BCUT2D eigenvalue weighted by Crippen LogP contribution is -2.51. The maximum Gasteiger partial charge on any atom is 0.236 e. The second kappa shape index (κ2) is 6.58. The van der Waals surface area contributed by atoms with E-state index in [2.05, 4.69) is 10.5 Å². The van der Waals surface area contributed by atoms with Gasteiger partial charge in [-0.2, -0.15) is 0 Å². The monoisotopic (exact) mass is 284 g/mol. The zero-order valence-electron chi connectivity index (χ0n) is 12.3.